The maximum Gasteiger partial charge on any atom is 0.108 e. The maximum atomic E-state index is 9.50. The van der Waals surface area contributed by atoms with Crippen LogP contribution in [-0.4, -0.2) is 35.1 Å². The molecule has 0 amide bonds. The lowest BCUT2D eigenvalue weighted by Crippen LogP contribution is -2.47. The highest BCUT2D eigenvalue weighted by molar-refractivity contribution is 5.14. The van der Waals surface area contributed by atoms with Crippen LogP contribution in [0.2, 0.25) is 0 Å². The topological polar surface area (TPSA) is 39.1 Å². The standard InChI is InChI=1S/C15H27N3/c1-4-9-17-15(12-16)8-6-13(11-15)18-10-5-7-14(18,2)3/h13,17H,4-11H2,1-3H3. The first-order chi connectivity index (χ1) is 8.53. The molecule has 18 heavy (non-hydrogen) atoms. The normalized spacial score (nSPS) is 35.8. The molecule has 0 bridgehead atoms. The Morgan fingerprint density at radius 2 is 2.17 bits per heavy atom. The molecule has 0 aromatic rings. The number of nitrogens with one attached hydrogen (secondary N) is 1. The van der Waals surface area contributed by atoms with Crippen LogP contribution >= 0.6 is 0 Å². The van der Waals surface area contributed by atoms with E-state index in [0.717, 1.165) is 25.8 Å². The quantitative estimate of drug-likeness (QED) is 0.832. The lowest BCUT2D eigenvalue weighted by Gasteiger charge is -2.37. The largest absolute Gasteiger partial charge is 0.299 e. The molecule has 1 saturated carbocycles. The molecule has 102 valence electrons. The van der Waals surface area contributed by atoms with Gasteiger partial charge in [-0.05, 0) is 65.5 Å². The number of rotatable bonds is 4. The number of nitrogens with zero attached hydrogens (tertiary/aromatic N) is 2. The lowest BCUT2D eigenvalue weighted by molar-refractivity contribution is 0.114. The van der Waals surface area contributed by atoms with Crippen molar-refractivity contribution in [3.8, 4) is 6.07 Å². The average Bonchev–Trinajstić information content (AvgIpc) is 2.90. The van der Waals surface area contributed by atoms with E-state index in [4.69, 9.17) is 0 Å². The van der Waals surface area contributed by atoms with Crippen molar-refractivity contribution in [2.45, 2.75) is 76.4 Å². The van der Waals surface area contributed by atoms with E-state index in [-0.39, 0.29) is 5.54 Å². The van der Waals surface area contributed by atoms with E-state index in [1.165, 1.54) is 25.8 Å². The molecule has 1 aliphatic heterocycles. The van der Waals surface area contributed by atoms with Gasteiger partial charge in [0.15, 0.2) is 0 Å². The van der Waals surface area contributed by atoms with Gasteiger partial charge in [0, 0.05) is 11.6 Å². The molecular formula is C15H27N3. The van der Waals surface area contributed by atoms with Gasteiger partial charge in [-0.2, -0.15) is 5.26 Å². The van der Waals surface area contributed by atoms with Gasteiger partial charge >= 0.3 is 0 Å². The molecule has 1 aliphatic carbocycles. The Labute approximate surface area is 112 Å². The van der Waals surface area contributed by atoms with Crippen molar-refractivity contribution in [1.29, 1.82) is 5.26 Å². The Balaban J connectivity index is 2.01. The van der Waals surface area contributed by atoms with E-state index >= 15 is 0 Å². The van der Waals surface area contributed by atoms with Crippen molar-refractivity contribution in [3.05, 3.63) is 0 Å². The second-order valence-electron chi connectivity index (χ2n) is 6.63. The first kappa shape index (κ1) is 13.8. The van der Waals surface area contributed by atoms with Gasteiger partial charge in [0.2, 0.25) is 0 Å². The van der Waals surface area contributed by atoms with Gasteiger partial charge in [-0.15, -0.1) is 0 Å². The smallest absolute Gasteiger partial charge is 0.108 e. The summed E-state index contributed by atoms with van der Waals surface area (Å²) in [6.07, 6.45) is 6.90. The highest BCUT2D eigenvalue weighted by atomic mass is 15.2. The zero-order chi connectivity index (χ0) is 13.2. The van der Waals surface area contributed by atoms with Gasteiger partial charge < -0.3 is 0 Å². The average molecular weight is 249 g/mol. The summed E-state index contributed by atoms with van der Waals surface area (Å²) in [5.41, 5.74) is 0.0836. The highest BCUT2D eigenvalue weighted by Gasteiger charge is 2.45. The number of hydrogen-bond donors (Lipinski definition) is 1. The van der Waals surface area contributed by atoms with Crippen molar-refractivity contribution in [2.24, 2.45) is 0 Å². The Bertz CT molecular complexity index is 331. The second-order valence-corrected chi connectivity index (χ2v) is 6.63. The minimum absolute atomic E-state index is 0.251. The number of likely N-dealkylation sites (tertiary alicyclic amines) is 1. The molecule has 2 fully saturated rings. The van der Waals surface area contributed by atoms with Crippen LogP contribution in [0.25, 0.3) is 0 Å². The molecule has 0 spiro atoms. The van der Waals surface area contributed by atoms with Crippen LogP contribution in [0.1, 0.15) is 59.3 Å². The number of nitriles is 1. The van der Waals surface area contributed by atoms with Crippen molar-refractivity contribution in [2.75, 3.05) is 13.1 Å². The third-order valence-corrected chi connectivity index (χ3v) is 4.82. The zero-order valence-electron chi connectivity index (χ0n) is 12.1. The summed E-state index contributed by atoms with van der Waals surface area (Å²) in [5.74, 6) is 0. The summed E-state index contributed by atoms with van der Waals surface area (Å²) >= 11 is 0. The van der Waals surface area contributed by atoms with Gasteiger partial charge in [0.1, 0.15) is 5.54 Å². The molecule has 2 unspecified atom stereocenters. The van der Waals surface area contributed by atoms with Gasteiger partial charge in [0.25, 0.3) is 0 Å². The van der Waals surface area contributed by atoms with Crippen molar-refractivity contribution >= 4 is 0 Å². The van der Waals surface area contributed by atoms with Crippen molar-refractivity contribution in [1.82, 2.24) is 10.2 Å². The monoisotopic (exact) mass is 249 g/mol. The van der Waals surface area contributed by atoms with Gasteiger partial charge in [-0.1, -0.05) is 6.92 Å². The van der Waals surface area contributed by atoms with Crippen LogP contribution in [-0.2, 0) is 0 Å². The number of hydrogen-bond acceptors (Lipinski definition) is 3. The fourth-order valence-corrected chi connectivity index (χ4v) is 3.76. The van der Waals surface area contributed by atoms with Crippen LogP contribution in [0.4, 0.5) is 0 Å². The molecule has 3 heteroatoms. The Kier molecular flexibility index (Phi) is 3.99. The SMILES string of the molecule is CCCNC1(C#N)CCC(N2CCCC2(C)C)C1. The van der Waals surface area contributed by atoms with E-state index < -0.39 is 0 Å². The molecular weight excluding hydrogens is 222 g/mol. The fraction of sp³-hybridized carbons (Fsp3) is 0.933. The summed E-state index contributed by atoms with van der Waals surface area (Å²) in [7, 11) is 0. The minimum Gasteiger partial charge on any atom is -0.299 e. The van der Waals surface area contributed by atoms with Crippen LogP contribution in [0.3, 0.4) is 0 Å². The van der Waals surface area contributed by atoms with Crippen LogP contribution in [0, 0.1) is 11.3 Å². The predicted octanol–water partition coefficient (Wildman–Crippen LogP) is 2.68. The Morgan fingerprint density at radius 1 is 1.39 bits per heavy atom. The third kappa shape index (κ3) is 2.55. The maximum absolute atomic E-state index is 9.50. The van der Waals surface area contributed by atoms with E-state index in [1.807, 2.05) is 0 Å². The highest BCUT2D eigenvalue weighted by Crippen LogP contribution is 2.39. The summed E-state index contributed by atoms with van der Waals surface area (Å²) in [4.78, 5) is 2.65. The Morgan fingerprint density at radius 3 is 2.72 bits per heavy atom. The molecule has 0 aromatic carbocycles. The molecule has 2 atom stereocenters. The molecule has 0 aromatic heterocycles. The van der Waals surface area contributed by atoms with Gasteiger partial charge in [-0.3, -0.25) is 10.2 Å². The Hall–Kier alpha value is -0.590. The molecule has 2 aliphatic rings. The zero-order valence-corrected chi connectivity index (χ0v) is 12.1. The van der Waals surface area contributed by atoms with Gasteiger partial charge in [-0.25, -0.2) is 0 Å². The van der Waals surface area contributed by atoms with Crippen LogP contribution in [0.15, 0.2) is 0 Å². The van der Waals surface area contributed by atoms with E-state index in [0.29, 0.717) is 11.6 Å². The van der Waals surface area contributed by atoms with Crippen LogP contribution in [0.5, 0.6) is 0 Å². The lowest BCUT2D eigenvalue weighted by atomic mass is 9.97. The molecule has 3 nitrogen and oxygen atoms in total. The second kappa shape index (κ2) is 5.19. The first-order valence-electron chi connectivity index (χ1n) is 7.46. The molecule has 0 radical (unpaired) electrons. The molecule has 1 heterocycles. The van der Waals surface area contributed by atoms with Crippen molar-refractivity contribution in [3.63, 3.8) is 0 Å². The summed E-state index contributed by atoms with van der Waals surface area (Å²) in [6.45, 7) is 9.04. The van der Waals surface area contributed by atoms with Gasteiger partial charge in [0.05, 0.1) is 6.07 Å². The summed E-state index contributed by atoms with van der Waals surface area (Å²) < 4.78 is 0. The first-order valence-corrected chi connectivity index (χ1v) is 7.46. The summed E-state index contributed by atoms with van der Waals surface area (Å²) in [5, 5.41) is 13.0. The molecule has 1 saturated heterocycles. The summed E-state index contributed by atoms with van der Waals surface area (Å²) in [6, 6.07) is 3.16. The fourth-order valence-electron chi connectivity index (χ4n) is 3.76. The van der Waals surface area contributed by atoms with Crippen molar-refractivity contribution < 1.29 is 0 Å². The third-order valence-electron chi connectivity index (χ3n) is 4.82. The molecule has 2 rings (SSSR count). The molecule has 1 N–H and O–H groups in total. The minimum atomic E-state index is -0.251. The van der Waals surface area contributed by atoms with Crippen LogP contribution < -0.4 is 5.32 Å². The van der Waals surface area contributed by atoms with E-state index in [1.54, 1.807) is 0 Å². The van der Waals surface area contributed by atoms with E-state index in [2.05, 4.69) is 37.1 Å². The van der Waals surface area contributed by atoms with E-state index in [9.17, 15) is 5.26 Å². The predicted molar refractivity (Wildman–Crippen MR) is 74.3 cm³/mol.